The van der Waals surface area contributed by atoms with Crippen molar-refractivity contribution in [3.63, 3.8) is 0 Å². The Morgan fingerprint density at radius 2 is 2.05 bits per heavy atom. The zero-order valence-corrected chi connectivity index (χ0v) is 13.3. The van der Waals surface area contributed by atoms with Crippen LogP contribution in [0.2, 0.25) is 0 Å². The van der Waals surface area contributed by atoms with Crippen molar-refractivity contribution in [1.29, 1.82) is 0 Å². The number of hydrogen-bond donors (Lipinski definition) is 0. The van der Waals surface area contributed by atoms with Crippen molar-refractivity contribution in [3.05, 3.63) is 24.0 Å². The van der Waals surface area contributed by atoms with Crippen molar-refractivity contribution in [2.75, 3.05) is 38.1 Å². The maximum absolute atomic E-state index is 13.2. The van der Waals surface area contributed by atoms with E-state index in [1.807, 2.05) is 11.9 Å². The molecule has 0 bridgehead atoms. The van der Waals surface area contributed by atoms with Crippen LogP contribution in [0.15, 0.2) is 22.6 Å². The van der Waals surface area contributed by atoms with Crippen LogP contribution in [0.3, 0.4) is 0 Å². The highest BCUT2D eigenvalue weighted by molar-refractivity contribution is 5.74. The number of nitrogens with zero attached hydrogens (tertiary/aromatic N) is 3. The molecule has 0 amide bonds. The molecule has 0 unspecified atom stereocenters. The highest BCUT2D eigenvalue weighted by Gasteiger charge is 2.22. The number of morpholine rings is 1. The fourth-order valence-corrected chi connectivity index (χ4v) is 2.91. The molecule has 2 atom stereocenters. The highest BCUT2D eigenvalue weighted by Crippen LogP contribution is 2.22. The lowest BCUT2D eigenvalue weighted by atomic mass is 10.2. The van der Waals surface area contributed by atoms with Gasteiger partial charge in [0, 0.05) is 39.3 Å². The first-order valence-corrected chi connectivity index (χ1v) is 7.66. The lowest BCUT2D eigenvalue weighted by molar-refractivity contribution is -0.0670. The minimum atomic E-state index is -0.300. The van der Waals surface area contributed by atoms with Crippen LogP contribution in [-0.2, 0) is 4.74 Å². The molecule has 0 N–H and O–H groups in total. The summed E-state index contributed by atoms with van der Waals surface area (Å²) in [6, 6.07) is 4.91. The number of fused-ring (bicyclic) bond motifs is 1. The van der Waals surface area contributed by atoms with Crippen molar-refractivity contribution in [1.82, 2.24) is 9.88 Å². The van der Waals surface area contributed by atoms with E-state index in [2.05, 4.69) is 23.7 Å². The summed E-state index contributed by atoms with van der Waals surface area (Å²) in [6.07, 6.45) is 0.530. The number of oxazole rings is 1. The number of ether oxygens (including phenoxy) is 1. The number of rotatable bonds is 4. The molecule has 0 aliphatic carbocycles. The third-order valence-corrected chi connectivity index (χ3v) is 3.91. The fourth-order valence-electron chi connectivity index (χ4n) is 2.91. The summed E-state index contributed by atoms with van der Waals surface area (Å²) in [4.78, 5) is 8.69. The quantitative estimate of drug-likeness (QED) is 0.868. The van der Waals surface area contributed by atoms with Crippen LogP contribution in [0.25, 0.3) is 11.1 Å². The van der Waals surface area contributed by atoms with Crippen LogP contribution < -0.4 is 4.90 Å². The summed E-state index contributed by atoms with van der Waals surface area (Å²) in [5, 5.41) is 0. The highest BCUT2D eigenvalue weighted by atomic mass is 19.1. The number of anilines is 1. The fraction of sp³-hybridized carbons (Fsp3) is 0.562. The standard InChI is InChI=1S/C16H22FN3O2/c1-11-9-20(10-12(2)21-11)7-6-19(3)16-18-14-8-13(17)4-5-15(14)22-16/h4-5,8,11-12H,6-7,9-10H2,1-3H3/t11-,12+. The van der Waals surface area contributed by atoms with Gasteiger partial charge in [0.1, 0.15) is 11.3 Å². The van der Waals surface area contributed by atoms with Crippen molar-refractivity contribution in [2.45, 2.75) is 26.1 Å². The zero-order valence-electron chi connectivity index (χ0n) is 13.3. The second kappa shape index (κ2) is 6.22. The molecule has 1 aromatic heterocycles. The van der Waals surface area contributed by atoms with E-state index in [-0.39, 0.29) is 18.0 Å². The first-order chi connectivity index (χ1) is 10.5. The Labute approximate surface area is 129 Å². The van der Waals surface area contributed by atoms with Crippen molar-refractivity contribution < 1.29 is 13.5 Å². The molecular weight excluding hydrogens is 285 g/mol. The van der Waals surface area contributed by atoms with E-state index in [9.17, 15) is 4.39 Å². The molecule has 3 rings (SSSR count). The molecular formula is C16H22FN3O2. The first kappa shape index (κ1) is 15.2. The summed E-state index contributed by atoms with van der Waals surface area (Å²) in [7, 11) is 1.94. The normalized spacial score (nSPS) is 23.1. The minimum absolute atomic E-state index is 0.265. The van der Waals surface area contributed by atoms with Crippen LogP contribution in [0, 0.1) is 5.82 Å². The Hall–Kier alpha value is -1.66. The van der Waals surface area contributed by atoms with Crippen LogP contribution in [0.1, 0.15) is 13.8 Å². The van der Waals surface area contributed by atoms with Gasteiger partial charge < -0.3 is 14.1 Å². The van der Waals surface area contributed by atoms with Crippen LogP contribution in [0.5, 0.6) is 0 Å². The Kier molecular flexibility index (Phi) is 4.31. The van der Waals surface area contributed by atoms with Gasteiger partial charge in [-0.1, -0.05) is 0 Å². The van der Waals surface area contributed by atoms with Crippen molar-refractivity contribution in [3.8, 4) is 0 Å². The molecule has 2 aromatic rings. The van der Waals surface area contributed by atoms with Gasteiger partial charge in [0.25, 0.3) is 6.01 Å². The summed E-state index contributed by atoms with van der Waals surface area (Å²) in [5.74, 6) is -0.300. The molecule has 6 heteroatoms. The van der Waals surface area contributed by atoms with Gasteiger partial charge in [0.05, 0.1) is 12.2 Å². The number of halogens is 1. The molecule has 2 heterocycles. The predicted molar refractivity (Wildman–Crippen MR) is 83.7 cm³/mol. The summed E-state index contributed by atoms with van der Waals surface area (Å²) in [5.41, 5.74) is 1.16. The number of benzene rings is 1. The predicted octanol–water partition coefficient (Wildman–Crippen LogP) is 2.51. The zero-order chi connectivity index (χ0) is 15.7. The maximum Gasteiger partial charge on any atom is 0.298 e. The SMILES string of the molecule is C[C@@H]1CN(CCN(C)c2nc3cc(F)ccc3o2)C[C@H](C)O1. The van der Waals surface area contributed by atoms with Crippen molar-refractivity contribution in [2.24, 2.45) is 0 Å². The number of likely N-dealkylation sites (N-methyl/N-ethyl adjacent to an activating group) is 1. The molecule has 120 valence electrons. The number of aromatic nitrogens is 1. The molecule has 1 aliphatic rings. The van der Waals surface area contributed by atoms with Gasteiger partial charge in [-0.25, -0.2) is 4.39 Å². The molecule has 1 saturated heterocycles. The first-order valence-electron chi connectivity index (χ1n) is 7.66. The summed E-state index contributed by atoms with van der Waals surface area (Å²) < 4.78 is 24.6. The molecule has 1 fully saturated rings. The Bertz CT molecular complexity index is 635. The largest absolute Gasteiger partial charge is 0.423 e. The molecule has 0 saturated carbocycles. The van der Waals surface area contributed by atoms with E-state index in [1.165, 1.54) is 12.1 Å². The molecule has 1 aromatic carbocycles. The lowest BCUT2D eigenvalue weighted by Crippen LogP contribution is -2.47. The number of hydrogen-bond acceptors (Lipinski definition) is 5. The Morgan fingerprint density at radius 1 is 1.32 bits per heavy atom. The monoisotopic (exact) mass is 307 g/mol. The van der Waals surface area contributed by atoms with E-state index >= 15 is 0 Å². The third kappa shape index (κ3) is 3.39. The second-order valence-electron chi connectivity index (χ2n) is 6.05. The summed E-state index contributed by atoms with van der Waals surface area (Å²) >= 11 is 0. The van der Waals surface area contributed by atoms with Gasteiger partial charge in [0.2, 0.25) is 0 Å². The second-order valence-corrected chi connectivity index (χ2v) is 6.05. The van der Waals surface area contributed by atoms with E-state index in [0.717, 1.165) is 26.2 Å². The van der Waals surface area contributed by atoms with Crippen LogP contribution in [0.4, 0.5) is 10.4 Å². The molecule has 0 spiro atoms. The van der Waals surface area contributed by atoms with E-state index < -0.39 is 0 Å². The van der Waals surface area contributed by atoms with Gasteiger partial charge in [-0.05, 0) is 26.0 Å². The van der Waals surface area contributed by atoms with Gasteiger partial charge in [-0.2, -0.15) is 4.98 Å². The van der Waals surface area contributed by atoms with Gasteiger partial charge in [0.15, 0.2) is 5.58 Å². The molecule has 22 heavy (non-hydrogen) atoms. The molecule has 0 radical (unpaired) electrons. The molecule has 1 aliphatic heterocycles. The molecule has 5 nitrogen and oxygen atoms in total. The van der Waals surface area contributed by atoms with Gasteiger partial charge in [-0.3, -0.25) is 4.90 Å². The lowest BCUT2D eigenvalue weighted by Gasteiger charge is -2.35. The Morgan fingerprint density at radius 3 is 2.77 bits per heavy atom. The van der Waals surface area contributed by atoms with Crippen LogP contribution >= 0.6 is 0 Å². The maximum atomic E-state index is 13.2. The Balaban J connectivity index is 1.62. The average Bonchev–Trinajstić information content (AvgIpc) is 2.86. The van der Waals surface area contributed by atoms with E-state index in [0.29, 0.717) is 17.1 Å². The van der Waals surface area contributed by atoms with E-state index in [4.69, 9.17) is 9.15 Å². The smallest absolute Gasteiger partial charge is 0.298 e. The van der Waals surface area contributed by atoms with Crippen molar-refractivity contribution >= 4 is 17.1 Å². The topological polar surface area (TPSA) is 41.7 Å². The van der Waals surface area contributed by atoms with E-state index in [1.54, 1.807) is 6.07 Å². The summed E-state index contributed by atoms with van der Waals surface area (Å²) in [6.45, 7) is 7.80. The third-order valence-electron chi connectivity index (χ3n) is 3.91. The average molecular weight is 307 g/mol. The minimum Gasteiger partial charge on any atom is -0.423 e. The van der Waals surface area contributed by atoms with Gasteiger partial charge in [-0.15, -0.1) is 0 Å². The van der Waals surface area contributed by atoms with Crippen LogP contribution in [-0.4, -0.2) is 55.3 Å². The van der Waals surface area contributed by atoms with Gasteiger partial charge >= 0.3 is 0 Å².